The largest absolute Gasteiger partial charge is 0.378 e. The van der Waals surface area contributed by atoms with Gasteiger partial charge in [0.15, 0.2) is 0 Å². The Kier molecular flexibility index (Phi) is 17.4. The van der Waals surface area contributed by atoms with Gasteiger partial charge in [-0.15, -0.1) is 0 Å². The van der Waals surface area contributed by atoms with Gasteiger partial charge in [-0.3, -0.25) is 0 Å². The van der Waals surface area contributed by atoms with Crippen LogP contribution in [-0.4, -0.2) is 50.6 Å². The van der Waals surface area contributed by atoms with Crippen molar-refractivity contribution in [2.45, 2.75) is 19.4 Å². The van der Waals surface area contributed by atoms with Gasteiger partial charge in [-0.2, -0.15) is 0 Å². The summed E-state index contributed by atoms with van der Waals surface area (Å²) in [6.07, 6.45) is 17.0. The molecule has 0 atom stereocenters. The fraction of sp³-hybridized carbons (Fsp3) is 0.0291. The SMILES string of the molecule is CC(C)(O)C#Cc1cc(C#Cc2ccc(-c3c4nc(c(-c5ccccc5)c5ccc([nH]5)c(-c5ccccc5)c5nc(c(-c6ccccc6)c6ccc3[nH]6)C=C5)C=C4)cc2)cc(C#Cc2ccc(-c3c4nc(c(-c5ccccc5)c5ccc([nH]5)c(-c5ccccc5)c5nc(c(-c6ccccc6)c6ccc3[nH]6)C=C5)C=C4)cc2)c1. The summed E-state index contributed by atoms with van der Waals surface area (Å²) in [6.45, 7) is 3.36. The molecular formula is C103H68N8O. The lowest BCUT2D eigenvalue weighted by molar-refractivity contribution is 0.143. The van der Waals surface area contributed by atoms with E-state index in [0.717, 1.165) is 201 Å². The fourth-order valence-electron chi connectivity index (χ4n) is 15.3. The zero-order valence-electron chi connectivity index (χ0n) is 61.1. The van der Waals surface area contributed by atoms with Crippen molar-refractivity contribution in [3.05, 3.63) is 371 Å². The molecule has 16 bridgehead atoms. The summed E-state index contributed by atoms with van der Waals surface area (Å²) in [5.41, 5.74) is 32.5. The van der Waals surface area contributed by atoms with Gasteiger partial charge in [0.1, 0.15) is 5.60 Å². The molecule has 0 saturated carbocycles. The summed E-state index contributed by atoms with van der Waals surface area (Å²) >= 11 is 0. The van der Waals surface area contributed by atoms with E-state index >= 15 is 0 Å². The molecule has 6 aromatic heterocycles. The molecule has 0 unspecified atom stereocenters. The number of nitrogens with zero attached hydrogens (tertiary/aromatic N) is 4. The van der Waals surface area contributed by atoms with Crippen LogP contribution in [0, 0.1) is 35.5 Å². The Hall–Kier alpha value is -15.2. The van der Waals surface area contributed by atoms with Crippen LogP contribution in [0.15, 0.2) is 297 Å². The van der Waals surface area contributed by atoms with Crippen molar-refractivity contribution >= 4 is 92.7 Å². The van der Waals surface area contributed by atoms with Gasteiger partial charge in [0.05, 0.1) is 45.6 Å². The summed E-state index contributed by atoms with van der Waals surface area (Å²) in [6, 6.07) is 103. The van der Waals surface area contributed by atoms with E-state index in [0.29, 0.717) is 5.56 Å². The first-order valence-electron chi connectivity index (χ1n) is 37.4. The highest BCUT2D eigenvalue weighted by Crippen LogP contribution is 2.42. The highest BCUT2D eigenvalue weighted by molar-refractivity contribution is 6.03. The van der Waals surface area contributed by atoms with Crippen LogP contribution in [0.4, 0.5) is 0 Å². The number of benzene rings is 9. The van der Waals surface area contributed by atoms with E-state index in [2.05, 4.69) is 347 Å². The van der Waals surface area contributed by atoms with E-state index in [-0.39, 0.29) is 0 Å². The molecule has 4 aliphatic heterocycles. The van der Waals surface area contributed by atoms with Crippen LogP contribution in [0.25, 0.3) is 182 Å². The first-order chi connectivity index (χ1) is 55.1. The molecule has 9 heteroatoms. The Morgan fingerprint density at radius 2 is 0.393 bits per heavy atom. The van der Waals surface area contributed by atoms with E-state index in [1.54, 1.807) is 13.8 Å². The van der Waals surface area contributed by atoms with Crippen molar-refractivity contribution < 1.29 is 5.11 Å². The molecule has 4 aliphatic rings. The minimum atomic E-state index is -1.23. The highest BCUT2D eigenvalue weighted by Gasteiger charge is 2.23. The predicted octanol–water partition coefficient (Wildman–Crippen LogP) is 23.9. The van der Waals surface area contributed by atoms with E-state index in [1.807, 2.05) is 54.6 Å². The molecular weight excluding hydrogens is 1370 g/mol. The molecule has 0 amide bonds. The summed E-state index contributed by atoms with van der Waals surface area (Å²) in [4.78, 5) is 37.5. The molecule has 0 radical (unpaired) electrons. The minimum absolute atomic E-state index is 0.680. The standard InChI is InChI=1S/C103H68N8O/c1-103(2,112)62-61-70-64-68(35-33-66-37-41-77(42-38-66)101-91-57-53-87(108-91)97(73-25-13-5-14-26-73)83-49-45-79(104-83)95(71-21-9-3-10-22-71)80-46-50-84(105-80)98(74-27-15-6-16-28-74)88-54-58-92(101)109-88)63-69(65-70)36-34-67-39-43-78(44-40-67)102-93-59-55-89(110-93)99(75-29-17-7-18-30-75)85-51-47-81(106-85)96(72-23-11-4-12-24-72)82-48-52-86(107-82)100(76-31-19-8-20-32-76)90-56-60-94(102)111-90/h3-32,37-60,63-65,104,106,109,111-112H,1-2H3. The highest BCUT2D eigenvalue weighted by atomic mass is 16.3. The number of nitrogens with one attached hydrogen (secondary N) is 4. The van der Waals surface area contributed by atoms with Crippen LogP contribution < -0.4 is 0 Å². The van der Waals surface area contributed by atoms with Gasteiger partial charge in [-0.1, -0.05) is 242 Å². The van der Waals surface area contributed by atoms with E-state index in [1.165, 1.54) is 0 Å². The zero-order valence-corrected chi connectivity index (χ0v) is 61.1. The van der Waals surface area contributed by atoms with Crippen LogP contribution in [-0.2, 0) is 0 Å². The Balaban J connectivity index is 0.701. The molecule has 0 fully saturated rings. The molecule has 0 aliphatic carbocycles. The topological polar surface area (TPSA) is 135 Å². The number of aromatic amines is 4. The second-order valence-electron chi connectivity index (χ2n) is 28.5. The van der Waals surface area contributed by atoms with Crippen LogP contribution >= 0.6 is 0 Å². The predicted molar refractivity (Wildman–Crippen MR) is 463 cm³/mol. The van der Waals surface area contributed by atoms with Crippen molar-refractivity contribution in [1.29, 1.82) is 0 Å². The number of aromatic nitrogens is 8. The lowest BCUT2D eigenvalue weighted by atomic mass is 10.0. The maximum absolute atomic E-state index is 10.8. The first kappa shape index (κ1) is 67.4. The summed E-state index contributed by atoms with van der Waals surface area (Å²) in [7, 11) is 0. The van der Waals surface area contributed by atoms with Gasteiger partial charge in [0.25, 0.3) is 0 Å². The van der Waals surface area contributed by atoms with Gasteiger partial charge in [-0.25, -0.2) is 19.9 Å². The molecule has 9 aromatic carbocycles. The maximum Gasteiger partial charge on any atom is 0.120 e. The average Bonchev–Trinajstić information content (AvgIpc) is 1.62. The number of hydrogen-bond donors (Lipinski definition) is 5. The second kappa shape index (κ2) is 28.8. The normalized spacial score (nSPS) is 11.9. The smallest absolute Gasteiger partial charge is 0.120 e. The Morgan fingerprint density at radius 3 is 0.589 bits per heavy atom. The quantitative estimate of drug-likeness (QED) is 0.0966. The average molecular weight is 1430 g/mol. The number of aliphatic hydroxyl groups is 1. The lowest BCUT2D eigenvalue weighted by Gasteiger charge is -2.07. The molecule has 5 N–H and O–H groups in total. The van der Waals surface area contributed by atoms with Crippen LogP contribution in [0.1, 0.15) is 87.2 Å². The summed E-state index contributed by atoms with van der Waals surface area (Å²) in [5, 5.41) is 10.8. The van der Waals surface area contributed by atoms with Crippen LogP contribution in [0.5, 0.6) is 0 Å². The molecule has 9 nitrogen and oxygen atoms in total. The second-order valence-corrected chi connectivity index (χ2v) is 28.5. The van der Waals surface area contributed by atoms with Crippen LogP contribution in [0.3, 0.4) is 0 Å². The summed E-state index contributed by atoms with van der Waals surface area (Å²) < 4.78 is 0. The van der Waals surface area contributed by atoms with Gasteiger partial charge in [0, 0.05) is 116 Å². The van der Waals surface area contributed by atoms with Gasteiger partial charge >= 0.3 is 0 Å². The third-order valence-corrected chi connectivity index (χ3v) is 20.4. The van der Waals surface area contributed by atoms with Crippen molar-refractivity contribution in [3.63, 3.8) is 0 Å². The molecule has 0 saturated heterocycles. The molecule has 112 heavy (non-hydrogen) atoms. The third-order valence-electron chi connectivity index (χ3n) is 20.4. The monoisotopic (exact) mass is 1430 g/mol. The lowest BCUT2D eigenvalue weighted by Crippen LogP contribution is -2.14. The molecule has 0 spiro atoms. The first-order valence-corrected chi connectivity index (χ1v) is 37.4. The van der Waals surface area contributed by atoms with Crippen molar-refractivity contribution in [3.8, 4) is 125 Å². The Bertz CT molecular complexity index is 6500. The number of rotatable bonds is 8. The Morgan fingerprint density at radius 1 is 0.214 bits per heavy atom. The minimum Gasteiger partial charge on any atom is -0.378 e. The zero-order chi connectivity index (χ0) is 75.1. The maximum atomic E-state index is 10.8. The van der Waals surface area contributed by atoms with Gasteiger partial charge in [-0.05, 0) is 198 Å². The number of hydrogen-bond acceptors (Lipinski definition) is 5. The fourth-order valence-corrected chi connectivity index (χ4v) is 15.3. The molecule has 15 aromatic rings. The van der Waals surface area contributed by atoms with Gasteiger partial charge in [0.2, 0.25) is 0 Å². The van der Waals surface area contributed by atoms with E-state index in [9.17, 15) is 5.11 Å². The van der Waals surface area contributed by atoms with E-state index in [4.69, 9.17) is 19.9 Å². The van der Waals surface area contributed by atoms with Crippen molar-refractivity contribution in [2.75, 3.05) is 0 Å². The van der Waals surface area contributed by atoms with Gasteiger partial charge < -0.3 is 25.0 Å². The summed E-state index contributed by atoms with van der Waals surface area (Å²) in [5.74, 6) is 20.1. The van der Waals surface area contributed by atoms with Crippen LogP contribution in [0.2, 0.25) is 0 Å². The molecule has 19 rings (SSSR count). The molecule has 10 heterocycles. The van der Waals surface area contributed by atoms with Crippen molar-refractivity contribution in [1.82, 2.24) is 39.9 Å². The number of H-pyrrole nitrogens is 4. The van der Waals surface area contributed by atoms with Crippen molar-refractivity contribution in [2.24, 2.45) is 0 Å². The van der Waals surface area contributed by atoms with E-state index < -0.39 is 5.60 Å². The third kappa shape index (κ3) is 13.5. The number of fused-ring (bicyclic) bond motifs is 16. The molecule has 526 valence electrons. The Labute approximate surface area is 648 Å².